The summed E-state index contributed by atoms with van der Waals surface area (Å²) in [5.74, 6) is 0.578. The summed E-state index contributed by atoms with van der Waals surface area (Å²) in [5, 5.41) is 5.09. The van der Waals surface area contributed by atoms with Gasteiger partial charge in [-0.15, -0.1) is 0 Å². The standard InChI is InChI=1S/C12H14N2O4S/c15-12(13-8-7-9-1-2-9)14-10-3-5-11(6-4-10)19(16,17)18/h3-9H,1-2H2,(H2,13,14,15)(H,16,17,18)/b8-7+. The molecule has 1 aliphatic rings. The third-order valence-corrected chi connectivity index (χ3v) is 3.48. The predicted octanol–water partition coefficient (Wildman–Crippen LogP) is 1.98. The molecule has 0 aliphatic heterocycles. The molecular weight excluding hydrogens is 268 g/mol. The van der Waals surface area contributed by atoms with Crippen molar-refractivity contribution in [1.82, 2.24) is 5.32 Å². The molecule has 3 N–H and O–H groups in total. The molecule has 19 heavy (non-hydrogen) atoms. The molecule has 1 aromatic carbocycles. The largest absolute Gasteiger partial charge is 0.323 e. The second-order valence-corrected chi connectivity index (χ2v) is 5.72. The minimum atomic E-state index is -4.20. The molecule has 102 valence electrons. The Morgan fingerprint density at radius 1 is 1.26 bits per heavy atom. The molecular formula is C12H14N2O4S. The number of hydrogen-bond acceptors (Lipinski definition) is 3. The molecule has 0 radical (unpaired) electrons. The zero-order chi connectivity index (χ0) is 13.9. The second-order valence-electron chi connectivity index (χ2n) is 4.29. The van der Waals surface area contributed by atoms with Crippen LogP contribution in [0.4, 0.5) is 10.5 Å². The van der Waals surface area contributed by atoms with Crippen molar-refractivity contribution in [2.24, 2.45) is 5.92 Å². The lowest BCUT2D eigenvalue weighted by atomic mass is 10.3. The maximum Gasteiger partial charge on any atom is 0.323 e. The van der Waals surface area contributed by atoms with Crippen LogP contribution in [0, 0.1) is 5.92 Å². The fourth-order valence-corrected chi connectivity index (χ4v) is 1.91. The first-order valence-corrected chi connectivity index (χ1v) is 7.21. The third kappa shape index (κ3) is 4.38. The van der Waals surface area contributed by atoms with E-state index in [0.29, 0.717) is 11.6 Å². The van der Waals surface area contributed by atoms with E-state index in [0.717, 1.165) is 12.8 Å². The molecule has 6 nitrogen and oxygen atoms in total. The number of benzene rings is 1. The van der Waals surface area contributed by atoms with E-state index in [4.69, 9.17) is 4.55 Å². The van der Waals surface area contributed by atoms with Gasteiger partial charge in [0.25, 0.3) is 10.1 Å². The molecule has 2 rings (SSSR count). The molecule has 1 saturated carbocycles. The number of amides is 2. The summed E-state index contributed by atoms with van der Waals surface area (Å²) in [6, 6.07) is 4.81. The van der Waals surface area contributed by atoms with Crippen molar-refractivity contribution in [2.45, 2.75) is 17.7 Å². The van der Waals surface area contributed by atoms with Crippen LogP contribution in [-0.2, 0) is 10.1 Å². The Bertz CT molecular complexity index is 589. The van der Waals surface area contributed by atoms with Gasteiger partial charge >= 0.3 is 6.03 Å². The van der Waals surface area contributed by atoms with E-state index < -0.39 is 16.1 Å². The van der Waals surface area contributed by atoms with Crippen molar-refractivity contribution in [2.75, 3.05) is 5.32 Å². The number of carbonyl (C=O) groups is 1. The molecule has 7 heteroatoms. The lowest BCUT2D eigenvalue weighted by molar-refractivity contribution is 0.255. The van der Waals surface area contributed by atoms with Crippen molar-refractivity contribution < 1.29 is 17.8 Å². The molecule has 0 saturated heterocycles. The Morgan fingerprint density at radius 2 is 1.89 bits per heavy atom. The fraction of sp³-hybridized carbons (Fsp3) is 0.250. The molecule has 1 aromatic rings. The zero-order valence-electron chi connectivity index (χ0n) is 10.0. The number of allylic oxidation sites excluding steroid dienone is 1. The van der Waals surface area contributed by atoms with Gasteiger partial charge in [0.1, 0.15) is 0 Å². The monoisotopic (exact) mass is 282 g/mol. The minimum absolute atomic E-state index is 0.216. The van der Waals surface area contributed by atoms with Crippen LogP contribution < -0.4 is 10.6 Å². The van der Waals surface area contributed by atoms with Gasteiger partial charge in [0.05, 0.1) is 4.90 Å². The van der Waals surface area contributed by atoms with E-state index in [9.17, 15) is 13.2 Å². The van der Waals surface area contributed by atoms with E-state index in [1.165, 1.54) is 24.3 Å². The highest BCUT2D eigenvalue weighted by atomic mass is 32.2. The summed E-state index contributed by atoms with van der Waals surface area (Å²) in [6.07, 6.45) is 5.86. The lowest BCUT2D eigenvalue weighted by Crippen LogP contribution is -2.23. The first-order valence-electron chi connectivity index (χ1n) is 5.77. The SMILES string of the molecule is O=C(N/C=C/C1CC1)Nc1ccc(S(=O)(=O)O)cc1. The second kappa shape index (κ2) is 5.41. The summed E-state index contributed by atoms with van der Waals surface area (Å²) in [7, 11) is -4.20. The Kier molecular flexibility index (Phi) is 3.87. The summed E-state index contributed by atoms with van der Waals surface area (Å²) in [6.45, 7) is 0. The van der Waals surface area contributed by atoms with Crippen molar-refractivity contribution in [3.63, 3.8) is 0 Å². The average Bonchev–Trinajstić information content (AvgIpc) is 3.12. The topological polar surface area (TPSA) is 95.5 Å². The Morgan fingerprint density at radius 3 is 2.42 bits per heavy atom. The van der Waals surface area contributed by atoms with Gasteiger partial charge in [0.2, 0.25) is 0 Å². The van der Waals surface area contributed by atoms with Crippen LogP contribution in [0.5, 0.6) is 0 Å². The minimum Gasteiger partial charge on any atom is -0.315 e. The molecule has 0 atom stereocenters. The van der Waals surface area contributed by atoms with Crippen molar-refractivity contribution in [1.29, 1.82) is 0 Å². The third-order valence-electron chi connectivity index (χ3n) is 2.61. The molecule has 1 aliphatic carbocycles. The summed E-state index contributed by atoms with van der Waals surface area (Å²) < 4.78 is 30.4. The predicted molar refractivity (Wildman–Crippen MR) is 70.3 cm³/mol. The van der Waals surface area contributed by atoms with E-state index in [-0.39, 0.29) is 4.90 Å². The number of nitrogens with one attached hydrogen (secondary N) is 2. The van der Waals surface area contributed by atoms with Gasteiger partial charge in [-0.1, -0.05) is 6.08 Å². The van der Waals surface area contributed by atoms with E-state index in [1.807, 2.05) is 6.08 Å². The highest BCUT2D eigenvalue weighted by Crippen LogP contribution is 2.29. The van der Waals surface area contributed by atoms with Crippen LogP contribution in [-0.4, -0.2) is 19.0 Å². The van der Waals surface area contributed by atoms with E-state index in [2.05, 4.69) is 10.6 Å². The van der Waals surface area contributed by atoms with Crippen LogP contribution in [0.15, 0.2) is 41.4 Å². The maximum absolute atomic E-state index is 11.5. The fourth-order valence-electron chi connectivity index (χ4n) is 1.43. The Balaban J connectivity index is 1.89. The first kappa shape index (κ1) is 13.6. The molecule has 0 aromatic heterocycles. The number of anilines is 1. The average molecular weight is 282 g/mol. The normalized spacial score (nSPS) is 15.4. The molecule has 2 amide bonds. The van der Waals surface area contributed by atoms with Crippen molar-refractivity contribution in [3.05, 3.63) is 36.5 Å². The molecule has 1 fully saturated rings. The van der Waals surface area contributed by atoms with Crippen LogP contribution in [0.25, 0.3) is 0 Å². The van der Waals surface area contributed by atoms with Gasteiger partial charge in [-0.2, -0.15) is 8.42 Å². The number of urea groups is 1. The van der Waals surface area contributed by atoms with Crippen LogP contribution in [0.2, 0.25) is 0 Å². The van der Waals surface area contributed by atoms with Gasteiger partial charge in [0.15, 0.2) is 0 Å². The highest BCUT2D eigenvalue weighted by Gasteiger charge is 2.17. The summed E-state index contributed by atoms with van der Waals surface area (Å²) >= 11 is 0. The first-order chi connectivity index (χ1) is 8.95. The van der Waals surface area contributed by atoms with Gasteiger partial charge in [-0.25, -0.2) is 4.79 Å². The van der Waals surface area contributed by atoms with Crippen LogP contribution in [0.3, 0.4) is 0 Å². The van der Waals surface area contributed by atoms with Gasteiger partial charge in [-0.05, 0) is 43.0 Å². The number of carbonyl (C=O) groups excluding carboxylic acids is 1. The Hall–Kier alpha value is -1.86. The van der Waals surface area contributed by atoms with Crippen LogP contribution in [0.1, 0.15) is 12.8 Å². The lowest BCUT2D eigenvalue weighted by Gasteiger charge is -2.05. The number of hydrogen-bond donors (Lipinski definition) is 3. The zero-order valence-corrected chi connectivity index (χ0v) is 10.9. The number of rotatable bonds is 4. The molecule has 0 unspecified atom stereocenters. The highest BCUT2D eigenvalue weighted by molar-refractivity contribution is 7.85. The van der Waals surface area contributed by atoms with Crippen LogP contribution >= 0.6 is 0 Å². The smallest absolute Gasteiger partial charge is 0.315 e. The van der Waals surface area contributed by atoms with E-state index in [1.54, 1.807) is 6.20 Å². The van der Waals surface area contributed by atoms with Crippen molar-refractivity contribution in [3.8, 4) is 0 Å². The van der Waals surface area contributed by atoms with Crippen molar-refractivity contribution >= 4 is 21.8 Å². The van der Waals surface area contributed by atoms with E-state index >= 15 is 0 Å². The Labute approximate surface area is 111 Å². The van der Waals surface area contributed by atoms with Gasteiger partial charge in [-0.3, -0.25) is 4.55 Å². The van der Waals surface area contributed by atoms with Gasteiger partial charge in [0, 0.05) is 11.9 Å². The quantitative estimate of drug-likeness (QED) is 0.736. The maximum atomic E-state index is 11.5. The molecule has 0 bridgehead atoms. The molecule has 0 spiro atoms. The molecule has 0 heterocycles. The van der Waals surface area contributed by atoms with Gasteiger partial charge < -0.3 is 10.6 Å². The summed E-state index contributed by atoms with van der Waals surface area (Å²) in [4.78, 5) is 11.2. The summed E-state index contributed by atoms with van der Waals surface area (Å²) in [5.41, 5.74) is 0.435.